The normalized spacial score (nSPS) is 13.5. The van der Waals surface area contributed by atoms with E-state index in [9.17, 15) is 4.79 Å². The molecular formula is C17H14N6O. The summed E-state index contributed by atoms with van der Waals surface area (Å²) in [5.74, 6) is 1.08. The summed E-state index contributed by atoms with van der Waals surface area (Å²) in [6.45, 7) is 0.938. The van der Waals surface area contributed by atoms with Crippen LogP contribution in [0.3, 0.4) is 0 Å². The van der Waals surface area contributed by atoms with E-state index < -0.39 is 0 Å². The lowest BCUT2D eigenvalue weighted by atomic mass is 10.1. The van der Waals surface area contributed by atoms with Gasteiger partial charge in [0.15, 0.2) is 0 Å². The maximum atomic E-state index is 12.1. The average molecular weight is 318 g/mol. The highest BCUT2D eigenvalue weighted by Crippen LogP contribution is 2.35. The lowest BCUT2D eigenvalue weighted by molar-refractivity contribution is 0.756. The van der Waals surface area contributed by atoms with Crippen LogP contribution in [0.1, 0.15) is 12.2 Å². The number of rotatable bonds is 2. The highest BCUT2D eigenvalue weighted by Gasteiger charge is 2.24. The zero-order valence-corrected chi connectivity index (χ0v) is 12.8. The minimum atomic E-state index is -0.133. The number of nitrogens with zero attached hydrogens (tertiary/aromatic N) is 4. The number of aryl methyl sites for hydroxylation is 1. The Kier molecular flexibility index (Phi) is 2.70. The molecule has 0 atom stereocenters. The number of benzene rings is 1. The summed E-state index contributed by atoms with van der Waals surface area (Å²) in [6, 6.07) is 7.68. The van der Waals surface area contributed by atoms with Crippen molar-refractivity contribution in [3.05, 3.63) is 53.0 Å². The van der Waals surface area contributed by atoms with Crippen molar-refractivity contribution in [2.24, 2.45) is 0 Å². The zero-order valence-electron chi connectivity index (χ0n) is 12.8. The smallest absolute Gasteiger partial charge is 0.258 e. The Hall–Kier alpha value is -3.22. The van der Waals surface area contributed by atoms with Crippen LogP contribution in [0, 0.1) is 0 Å². The van der Waals surface area contributed by atoms with Crippen LogP contribution in [0.5, 0.6) is 0 Å². The molecule has 0 saturated heterocycles. The molecule has 0 spiro atoms. The van der Waals surface area contributed by atoms with Crippen LogP contribution in [-0.2, 0) is 13.0 Å². The molecule has 0 unspecified atom stereocenters. The molecule has 118 valence electrons. The van der Waals surface area contributed by atoms with Gasteiger partial charge in [-0.3, -0.25) is 9.89 Å². The van der Waals surface area contributed by atoms with Crippen molar-refractivity contribution < 1.29 is 0 Å². The van der Waals surface area contributed by atoms with E-state index in [0.717, 1.165) is 47.9 Å². The van der Waals surface area contributed by atoms with E-state index in [4.69, 9.17) is 4.98 Å². The summed E-state index contributed by atoms with van der Waals surface area (Å²) < 4.78 is 2.24. The van der Waals surface area contributed by atoms with Gasteiger partial charge in [0.2, 0.25) is 0 Å². The first-order valence-electron chi connectivity index (χ1n) is 7.88. The van der Waals surface area contributed by atoms with E-state index in [2.05, 4.69) is 24.7 Å². The Morgan fingerprint density at radius 1 is 1.21 bits per heavy atom. The molecule has 1 aliphatic rings. The van der Waals surface area contributed by atoms with Crippen LogP contribution >= 0.6 is 0 Å². The molecule has 0 radical (unpaired) electrons. The number of hydrogen-bond acceptors (Lipinski definition) is 4. The second-order valence-electron chi connectivity index (χ2n) is 5.91. The Balaban J connectivity index is 1.80. The Bertz CT molecular complexity index is 1110. The first-order valence-corrected chi connectivity index (χ1v) is 7.88. The summed E-state index contributed by atoms with van der Waals surface area (Å²) in [5.41, 5.74) is 4.30. The van der Waals surface area contributed by atoms with E-state index in [1.54, 1.807) is 6.20 Å². The van der Waals surface area contributed by atoms with E-state index >= 15 is 0 Å². The maximum Gasteiger partial charge on any atom is 0.258 e. The molecule has 24 heavy (non-hydrogen) atoms. The molecule has 3 aromatic heterocycles. The van der Waals surface area contributed by atoms with Gasteiger partial charge >= 0.3 is 0 Å². The van der Waals surface area contributed by atoms with Gasteiger partial charge in [-0.15, -0.1) is 0 Å². The number of fused-ring (bicyclic) bond motifs is 2. The number of hydrogen-bond donors (Lipinski definition) is 2. The predicted molar refractivity (Wildman–Crippen MR) is 89.5 cm³/mol. The molecule has 1 aromatic carbocycles. The molecule has 4 aromatic rings. The molecule has 5 rings (SSSR count). The molecular weight excluding hydrogens is 304 g/mol. The summed E-state index contributed by atoms with van der Waals surface area (Å²) in [7, 11) is 0. The fraction of sp³-hybridized carbons (Fsp3) is 0.176. The number of aromatic amines is 2. The van der Waals surface area contributed by atoms with Crippen molar-refractivity contribution >= 4 is 10.9 Å². The van der Waals surface area contributed by atoms with E-state index in [1.165, 1.54) is 6.33 Å². The Morgan fingerprint density at radius 3 is 3.04 bits per heavy atom. The Labute approximate surface area is 136 Å². The van der Waals surface area contributed by atoms with Gasteiger partial charge in [0, 0.05) is 24.7 Å². The monoisotopic (exact) mass is 318 g/mol. The van der Waals surface area contributed by atoms with Crippen LogP contribution in [0.2, 0.25) is 0 Å². The fourth-order valence-corrected chi connectivity index (χ4v) is 3.41. The minimum absolute atomic E-state index is 0.133. The second-order valence-corrected chi connectivity index (χ2v) is 5.91. The third-order valence-corrected chi connectivity index (χ3v) is 4.50. The molecule has 0 fully saturated rings. The van der Waals surface area contributed by atoms with E-state index in [1.807, 2.05) is 24.3 Å². The number of aromatic nitrogens is 6. The maximum absolute atomic E-state index is 12.1. The van der Waals surface area contributed by atoms with Crippen molar-refractivity contribution in [3.8, 4) is 22.6 Å². The predicted octanol–water partition coefficient (Wildman–Crippen LogP) is 2.12. The van der Waals surface area contributed by atoms with Gasteiger partial charge in [0.1, 0.15) is 11.5 Å². The molecule has 0 amide bonds. The van der Waals surface area contributed by atoms with Crippen molar-refractivity contribution in [1.29, 1.82) is 0 Å². The van der Waals surface area contributed by atoms with Gasteiger partial charge in [-0.1, -0.05) is 6.07 Å². The standard InChI is InChI=1S/C17H14N6O/c24-17-11-8-10(3-4-12(11)18-9-19-17)16-15(13-5-6-20-22-13)21-14-2-1-7-23(14)16/h3-6,8-9H,1-2,7H2,(H,20,22)(H,18,19,24). The van der Waals surface area contributed by atoms with Gasteiger partial charge in [-0.25, -0.2) is 9.97 Å². The summed E-state index contributed by atoms with van der Waals surface area (Å²) in [5, 5.41) is 7.62. The average Bonchev–Trinajstić information content (AvgIpc) is 3.31. The van der Waals surface area contributed by atoms with Crippen LogP contribution in [0.25, 0.3) is 33.5 Å². The number of nitrogens with one attached hydrogen (secondary N) is 2. The van der Waals surface area contributed by atoms with Crippen LogP contribution in [0.15, 0.2) is 41.6 Å². The van der Waals surface area contributed by atoms with Gasteiger partial charge in [0.25, 0.3) is 5.56 Å². The molecule has 2 N–H and O–H groups in total. The topological polar surface area (TPSA) is 92.2 Å². The first kappa shape index (κ1) is 13.2. The number of imidazole rings is 1. The quantitative estimate of drug-likeness (QED) is 0.592. The van der Waals surface area contributed by atoms with Gasteiger partial charge in [-0.05, 0) is 24.6 Å². The highest BCUT2D eigenvalue weighted by atomic mass is 16.1. The third-order valence-electron chi connectivity index (χ3n) is 4.50. The summed E-state index contributed by atoms with van der Waals surface area (Å²) >= 11 is 0. The number of H-pyrrole nitrogens is 2. The molecule has 1 aliphatic heterocycles. The van der Waals surface area contributed by atoms with Crippen LogP contribution in [0.4, 0.5) is 0 Å². The highest BCUT2D eigenvalue weighted by molar-refractivity contribution is 5.86. The zero-order chi connectivity index (χ0) is 16.1. The lowest BCUT2D eigenvalue weighted by Gasteiger charge is -2.08. The molecule has 7 nitrogen and oxygen atoms in total. The molecule has 0 bridgehead atoms. The van der Waals surface area contributed by atoms with Crippen LogP contribution < -0.4 is 5.56 Å². The van der Waals surface area contributed by atoms with E-state index in [0.29, 0.717) is 10.9 Å². The van der Waals surface area contributed by atoms with Gasteiger partial charge < -0.3 is 9.55 Å². The van der Waals surface area contributed by atoms with E-state index in [-0.39, 0.29) is 5.56 Å². The minimum Gasteiger partial charge on any atom is -0.327 e. The second kappa shape index (κ2) is 4.89. The largest absolute Gasteiger partial charge is 0.327 e. The Morgan fingerprint density at radius 2 is 2.17 bits per heavy atom. The fourth-order valence-electron chi connectivity index (χ4n) is 3.41. The SMILES string of the molecule is O=c1[nH]cnc2ccc(-c3c(-c4ccn[nH]4)nc4n3CCC4)cc12. The van der Waals surface area contributed by atoms with Crippen molar-refractivity contribution in [2.75, 3.05) is 0 Å². The molecule has 0 saturated carbocycles. The molecule has 7 heteroatoms. The summed E-state index contributed by atoms with van der Waals surface area (Å²) in [4.78, 5) is 23.8. The van der Waals surface area contributed by atoms with Crippen LogP contribution in [-0.4, -0.2) is 29.7 Å². The van der Waals surface area contributed by atoms with Gasteiger partial charge in [-0.2, -0.15) is 5.10 Å². The van der Waals surface area contributed by atoms with Crippen molar-refractivity contribution in [2.45, 2.75) is 19.4 Å². The van der Waals surface area contributed by atoms with Crippen molar-refractivity contribution in [1.82, 2.24) is 29.7 Å². The molecule has 4 heterocycles. The first-order chi connectivity index (χ1) is 11.8. The lowest BCUT2D eigenvalue weighted by Crippen LogP contribution is -2.06. The molecule has 0 aliphatic carbocycles. The third kappa shape index (κ3) is 1.84. The summed E-state index contributed by atoms with van der Waals surface area (Å²) in [6.07, 6.45) is 5.21. The van der Waals surface area contributed by atoms with Gasteiger partial charge in [0.05, 0.1) is 28.6 Å². The van der Waals surface area contributed by atoms with Crippen molar-refractivity contribution in [3.63, 3.8) is 0 Å².